The minimum Gasteiger partial charge on any atom is -0.295 e. The van der Waals surface area contributed by atoms with Crippen molar-refractivity contribution >= 4 is 5.78 Å². The molecule has 98 valence electrons. The first kappa shape index (κ1) is 13.3. The maximum Gasteiger partial charge on any atom is 0.159 e. The standard InChI is InChI=1S/C17H24O/c1-11(2)14-8-9-17(4,5)16-10-13(12(3)18)6-7-15(14)16/h6-7,10-11,14H,8-9H2,1-5H3. The zero-order valence-corrected chi connectivity index (χ0v) is 12.2. The topological polar surface area (TPSA) is 17.1 Å². The van der Waals surface area contributed by atoms with Crippen molar-refractivity contribution in [2.45, 2.75) is 58.8 Å². The van der Waals surface area contributed by atoms with Crippen LogP contribution in [0.1, 0.15) is 74.9 Å². The molecule has 0 spiro atoms. The Bertz CT molecular complexity index is 468. The second-order valence-electron chi connectivity index (χ2n) is 6.63. The van der Waals surface area contributed by atoms with Gasteiger partial charge in [0.2, 0.25) is 0 Å². The largest absolute Gasteiger partial charge is 0.295 e. The molecule has 1 aromatic rings. The monoisotopic (exact) mass is 244 g/mol. The summed E-state index contributed by atoms with van der Waals surface area (Å²) in [6.45, 7) is 10.8. The highest BCUT2D eigenvalue weighted by Crippen LogP contribution is 2.45. The van der Waals surface area contributed by atoms with Crippen molar-refractivity contribution in [3.63, 3.8) is 0 Å². The van der Waals surface area contributed by atoms with Gasteiger partial charge in [-0.3, -0.25) is 4.79 Å². The van der Waals surface area contributed by atoms with Gasteiger partial charge in [0.1, 0.15) is 0 Å². The third kappa shape index (κ3) is 2.23. The molecule has 0 amide bonds. The molecule has 18 heavy (non-hydrogen) atoms. The van der Waals surface area contributed by atoms with Crippen LogP contribution < -0.4 is 0 Å². The number of ketones is 1. The van der Waals surface area contributed by atoms with Crippen molar-refractivity contribution in [1.82, 2.24) is 0 Å². The number of hydrogen-bond donors (Lipinski definition) is 0. The molecule has 0 N–H and O–H groups in total. The van der Waals surface area contributed by atoms with Crippen LogP contribution in [0.15, 0.2) is 18.2 Å². The average molecular weight is 244 g/mol. The molecule has 1 unspecified atom stereocenters. The number of carbonyl (C=O) groups excluding carboxylic acids is 1. The molecule has 0 aliphatic heterocycles. The summed E-state index contributed by atoms with van der Waals surface area (Å²) >= 11 is 0. The molecule has 0 aromatic heterocycles. The summed E-state index contributed by atoms with van der Waals surface area (Å²) in [6.07, 6.45) is 2.47. The zero-order valence-electron chi connectivity index (χ0n) is 12.2. The first-order chi connectivity index (χ1) is 8.33. The lowest BCUT2D eigenvalue weighted by Crippen LogP contribution is -2.28. The lowest BCUT2D eigenvalue weighted by Gasteiger charge is -2.39. The van der Waals surface area contributed by atoms with E-state index in [2.05, 4.69) is 39.8 Å². The fourth-order valence-electron chi connectivity index (χ4n) is 3.18. The molecule has 1 atom stereocenters. The molecule has 1 nitrogen and oxygen atoms in total. The Morgan fingerprint density at radius 1 is 1.33 bits per heavy atom. The van der Waals surface area contributed by atoms with Crippen LogP contribution >= 0.6 is 0 Å². The van der Waals surface area contributed by atoms with E-state index in [-0.39, 0.29) is 11.2 Å². The van der Waals surface area contributed by atoms with Crippen LogP contribution in [0, 0.1) is 5.92 Å². The van der Waals surface area contributed by atoms with E-state index in [9.17, 15) is 4.79 Å². The second-order valence-corrected chi connectivity index (χ2v) is 6.63. The molecular formula is C17H24O. The molecule has 0 radical (unpaired) electrons. The summed E-state index contributed by atoms with van der Waals surface area (Å²) in [7, 11) is 0. The van der Waals surface area contributed by atoms with Crippen LogP contribution in [0.5, 0.6) is 0 Å². The Balaban J connectivity index is 2.56. The summed E-state index contributed by atoms with van der Waals surface area (Å²) in [5.74, 6) is 1.48. The Morgan fingerprint density at radius 2 is 2.00 bits per heavy atom. The van der Waals surface area contributed by atoms with Crippen molar-refractivity contribution in [3.8, 4) is 0 Å². The van der Waals surface area contributed by atoms with E-state index in [1.54, 1.807) is 6.92 Å². The first-order valence-electron chi connectivity index (χ1n) is 6.98. The van der Waals surface area contributed by atoms with Gasteiger partial charge in [-0.05, 0) is 54.2 Å². The van der Waals surface area contributed by atoms with E-state index in [0.29, 0.717) is 11.8 Å². The number of benzene rings is 1. The van der Waals surface area contributed by atoms with Crippen LogP contribution in [0.3, 0.4) is 0 Å². The third-order valence-corrected chi connectivity index (χ3v) is 4.47. The summed E-state index contributed by atoms with van der Waals surface area (Å²) < 4.78 is 0. The summed E-state index contributed by atoms with van der Waals surface area (Å²) in [6, 6.07) is 6.32. The van der Waals surface area contributed by atoms with Crippen molar-refractivity contribution in [1.29, 1.82) is 0 Å². The van der Waals surface area contributed by atoms with Crippen molar-refractivity contribution in [2.75, 3.05) is 0 Å². The van der Waals surface area contributed by atoms with Crippen LogP contribution in [-0.2, 0) is 5.41 Å². The van der Waals surface area contributed by atoms with Gasteiger partial charge in [0, 0.05) is 5.56 Å². The maximum absolute atomic E-state index is 11.6. The van der Waals surface area contributed by atoms with E-state index < -0.39 is 0 Å². The number of Topliss-reactive ketones (excluding diaryl/α,β-unsaturated/α-hetero) is 1. The predicted octanol–water partition coefficient (Wildman–Crippen LogP) is 4.70. The SMILES string of the molecule is CC(=O)c1ccc2c(c1)C(C)(C)CCC2C(C)C. The lowest BCUT2D eigenvalue weighted by atomic mass is 9.66. The van der Waals surface area contributed by atoms with Crippen molar-refractivity contribution < 1.29 is 4.79 Å². The fraction of sp³-hybridized carbons (Fsp3) is 0.588. The first-order valence-corrected chi connectivity index (χ1v) is 6.98. The Morgan fingerprint density at radius 3 is 2.56 bits per heavy atom. The van der Waals surface area contributed by atoms with Gasteiger partial charge >= 0.3 is 0 Å². The molecule has 1 aliphatic carbocycles. The summed E-state index contributed by atoms with van der Waals surface area (Å²) in [5.41, 5.74) is 3.91. The quantitative estimate of drug-likeness (QED) is 0.689. The Labute approximate surface area is 111 Å². The van der Waals surface area contributed by atoms with Crippen LogP contribution in [0.4, 0.5) is 0 Å². The molecule has 0 saturated heterocycles. The van der Waals surface area contributed by atoms with Gasteiger partial charge < -0.3 is 0 Å². The van der Waals surface area contributed by atoms with Crippen molar-refractivity contribution in [2.24, 2.45) is 5.92 Å². The van der Waals surface area contributed by atoms with Gasteiger partial charge in [-0.2, -0.15) is 0 Å². The molecule has 2 rings (SSSR count). The van der Waals surface area contributed by atoms with E-state index in [4.69, 9.17) is 0 Å². The van der Waals surface area contributed by atoms with E-state index in [1.807, 2.05) is 6.07 Å². The number of hydrogen-bond acceptors (Lipinski definition) is 1. The number of carbonyl (C=O) groups is 1. The summed E-state index contributed by atoms with van der Waals surface area (Å²) in [5, 5.41) is 0. The van der Waals surface area contributed by atoms with Gasteiger partial charge in [-0.1, -0.05) is 39.8 Å². The van der Waals surface area contributed by atoms with E-state index in [1.165, 1.54) is 24.0 Å². The molecule has 1 aliphatic rings. The second kappa shape index (κ2) is 4.53. The van der Waals surface area contributed by atoms with Crippen molar-refractivity contribution in [3.05, 3.63) is 34.9 Å². The molecule has 0 fully saturated rings. The zero-order chi connectivity index (χ0) is 13.5. The lowest BCUT2D eigenvalue weighted by molar-refractivity contribution is 0.101. The Kier molecular flexibility index (Phi) is 3.35. The van der Waals surface area contributed by atoms with E-state index in [0.717, 1.165) is 5.56 Å². The van der Waals surface area contributed by atoms with Gasteiger partial charge in [0.15, 0.2) is 5.78 Å². The average Bonchev–Trinajstić information content (AvgIpc) is 2.28. The third-order valence-electron chi connectivity index (χ3n) is 4.47. The molecule has 0 heterocycles. The number of rotatable bonds is 2. The molecule has 0 saturated carbocycles. The highest BCUT2D eigenvalue weighted by atomic mass is 16.1. The highest BCUT2D eigenvalue weighted by Gasteiger charge is 2.34. The van der Waals surface area contributed by atoms with Crippen LogP contribution in [0.2, 0.25) is 0 Å². The van der Waals surface area contributed by atoms with Gasteiger partial charge in [0.05, 0.1) is 0 Å². The van der Waals surface area contributed by atoms with Gasteiger partial charge in [-0.25, -0.2) is 0 Å². The fourth-order valence-corrected chi connectivity index (χ4v) is 3.18. The Hall–Kier alpha value is -1.11. The molecule has 1 heteroatoms. The molecule has 1 aromatic carbocycles. The number of fused-ring (bicyclic) bond motifs is 1. The van der Waals surface area contributed by atoms with Crippen LogP contribution in [-0.4, -0.2) is 5.78 Å². The van der Waals surface area contributed by atoms with Crippen LogP contribution in [0.25, 0.3) is 0 Å². The smallest absolute Gasteiger partial charge is 0.159 e. The van der Waals surface area contributed by atoms with E-state index >= 15 is 0 Å². The van der Waals surface area contributed by atoms with Gasteiger partial charge in [-0.15, -0.1) is 0 Å². The van der Waals surface area contributed by atoms with Gasteiger partial charge in [0.25, 0.3) is 0 Å². The minimum atomic E-state index is 0.167. The normalized spacial score (nSPS) is 21.8. The minimum absolute atomic E-state index is 0.167. The maximum atomic E-state index is 11.6. The molecule has 0 bridgehead atoms. The molecular weight excluding hydrogens is 220 g/mol. The predicted molar refractivity (Wildman–Crippen MR) is 76.3 cm³/mol. The summed E-state index contributed by atoms with van der Waals surface area (Å²) in [4.78, 5) is 11.6. The highest BCUT2D eigenvalue weighted by molar-refractivity contribution is 5.94.